The first-order valence-corrected chi connectivity index (χ1v) is 33.8. The number of aromatic nitrogens is 2. The van der Waals surface area contributed by atoms with Crippen molar-refractivity contribution in [1.29, 1.82) is 0 Å². The number of sulfonamides is 4. The van der Waals surface area contributed by atoms with Crippen LogP contribution in [0.1, 0.15) is 33.8 Å². The van der Waals surface area contributed by atoms with E-state index in [1.54, 1.807) is 0 Å². The first-order chi connectivity index (χ1) is 39.5. The molecule has 2 N–H and O–H groups in total. The number of rotatable bonds is 22. The highest BCUT2D eigenvalue weighted by Gasteiger charge is 2.40. The van der Waals surface area contributed by atoms with Gasteiger partial charge in [0.2, 0.25) is 46.0 Å². The summed E-state index contributed by atoms with van der Waals surface area (Å²) in [6.07, 6.45) is -0.629. The SMILES string of the molecule is CS(=O)(=O)N1CC(N2CCN(CCS(=O)(=O)N(Cc3ccc(-c4nnc(C(F)F)o4)cc3F)c3ccc(F)c(Cl)c3)CC2)C1.CS(=O)(=O)N1CC(N2CCN(CCS(=O)(=O)N(Cc3ccc(C(=O)CN)cc3F)c3ccc(F)c(Cl)c3)CC2)C1. The van der Waals surface area contributed by atoms with Crippen LogP contribution in [0.5, 0.6) is 0 Å². The van der Waals surface area contributed by atoms with Gasteiger partial charge in [-0.1, -0.05) is 41.4 Å². The molecule has 0 unspecified atom stereocenters. The number of anilines is 2. The summed E-state index contributed by atoms with van der Waals surface area (Å²) in [5.41, 5.74) is 5.53. The van der Waals surface area contributed by atoms with Crippen molar-refractivity contribution in [1.82, 2.24) is 38.4 Å². The Morgan fingerprint density at radius 1 is 0.607 bits per heavy atom. The van der Waals surface area contributed by atoms with Gasteiger partial charge in [-0.2, -0.15) is 17.4 Å². The molecule has 1 aromatic heterocycles. The van der Waals surface area contributed by atoms with Crippen molar-refractivity contribution in [2.45, 2.75) is 31.6 Å². The summed E-state index contributed by atoms with van der Waals surface area (Å²) in [6.45, 7) is 6.06. The molecule has 4 aliphatic heterocycles. The summed E-state index contributed by atoms with van der Waals surface area (Å²) in [5, 5.41) is 6.13. The van der Waals surface area contributed by atoms with E-state index in [4.69, 9.17) is 33.4 Å². The Hall–Kier alpha value is -5.03. The Bertz CT molecular complexity index is 3650. The molecule has 4 saturated heterocycles. The molecule has 5 aromatic rings. The summed E-state index contributed by atoms with van der Waals surface area (Å²) in [6, 6.07) is 14.5. The zero-order valence-electron chi connectivity index (χ0n) is 45.4. The van der Waals surface area contributed by atoms with Gasteiger partial charge < -0.3 is 10.2 Å². The first kappa shape index (κ1) is 65.0. The number of carbonyl (C=O) groups is 1. The molecule has 0 radical (unpaired) electrons. The van der Waals surface area contributed by atoms with E-state index in [0.29, 0.717) is 78.5 Å². The number of nitrogens with two attached hydrogens (primary N) is 1. The van der Waals surface area contributed by atoms with E-state index in [1.807, 2.05) is 9.80 Å². The molecule has 4 aromatic carbocycles. The molecule has 9 rings (SSSR count). The molecule has 0 atom stereocenters. The third kappa shape index (κ3) is 16.1. The van der Waals surface area contributed by atoms with E-state index < -0.39 is 88.0 Å². The standard InChI is InChI=1S/C26H29ClF4N6O5S2.C25H32ClF2N5O5S2/c1-43(38,39)36-15-20(16-36)35-8-6-34(7-9-35)10-11-44(40,41)37(19-4-5-22(28)21(27)13-19)14-18-3-2-17(12-23(18)29)25-32-33-26(42-25)24(30)31;1-39(35,36)32-16-21(17-32)31-8-6-30(7-9-31)10-11-40(37,38)33(20-4-5-23(27)22(26)13-20)15-19-3-2-18(12-24(19)28)25(34)14-29/h2-5,12-13,20,24H,6-11,14-16H2,1H3;2-5,12-13,21H,6-11,14-17,29H2,1H3. The highest BCUT2D eigenvalue weighted by molar-refractivity contribution is 7.93. The summed E-state index contributed by atoms with van der Waals surface area (Å²) in [7, 11) is -14.5. The van der Waals surface area contributed by atoms with Gasteiger partial charge in [-0.15, -0.1) is 10.2 Å². The van der Waals surface area contributed by atoms with Gasteiger partial charge >= 0.3 is 6.43 Å². The molecule has 21 nitrogen and oxygen atoms in total. The van der Waals surface area contributed by atoms with Gasteiger partial charge in [-0.25, -0.2) is 51.2 Å². The van der Waals surface area contributed by atoms with Gasteiger partial charge in [0.05, 0.1) is 65.1 Å². The molecule has 0 aliphatic carbocycles. The number of carbonyl (C=O) groups excluding carboxylic acids is 1. The van der Waals surface area contributed by atoms with E-state index in [0.717, 1.165) is 38.9 Å². The fourth-order valence-corrected chi connectivity index (χ4v) is 14.8. The fourth-order valence-electron chi connectivity index (χ4n) is 9.76. The van der Waals surface area contributed by atoms with E-state index in [-0.39, 0.29) is 99.3 Å². The largest absolute Gasteiger partial charge is 0.415 e. The number of Topliss-reactive ketones (excluding diaryl/α,β-unsaturated/α-hetero) is 1. The van der Waals surface area contributed by atoms with Crippen molar-refractivity contribution in [3.05, 3.63) is 129 Å². The summed E-state index contributed by atoms with van der Waals surface area (Å²) < 4.78 is 194. The molecule has 4 fully saturated rings. The van der Waals surface area contributed by atoms with Crippen LogP contribution in [-0.4, -0.2) is 212 Å². The molecule has 0 saturated carbocycles. The van der Waals surface area contributed by atoms with E-state index in [9.17, 15) is 60.4 Å². The molecule has 5 heterocycles. The Morgan fingerprint density at radius 2 is 1.04 bits per heavy atom. The van der Waals surface area contributed by atoms with Crippen LogP contribution < -0.4 is 14.3 Å². The second-order valence-electron chi connectivity index (χ2n) is 20.6. The maximum Gasteiger partial charge on any atom is 0.314 e. The van der Waals surface area contributed by atoms with Crippen molar-refractivity contribution in [3.8, 4) is 11.5 Å². The van der Waals surface area contributed by atoms with E-state index in [2.05, 4.69) is 20.0 Å². The van der Waals surface area contributed by atoms with Crippen molar-refractivity contribution in [2.24, 2.45) is 5.73 Å². The third-order valence-corrected chi connectivity index (χ3v) is 21.4. The number of benzene rings is 4. The van der Waals surface area contributed by atoms with Gasteiger partial charge in [0.15, 0.2) is 5.78 Å². The normalized spacial score (nSPS) is 17.9. The fraction of sp³-hybridized carbons (Fsp3) is 0.471. The lowest BCUT2D eigenvalue weighted by atomic mass is 10.1. The number of halogens is 8. The number of ketones is 1. The Balaban J connectivity index is 0.000000220. The van der Waals surface area contributed by atoms with Crippen LogP contribution in [0.2, 0.25) is 10.0 Å². The number of hydrogen-bond acceptors (Lipinski definition) is 17. The van der Waals surface area contributed by atoms with Crippen molar-refractivity contribution in [2.75, 3.05) is 131 Å². The zero-order chi connectivity index (χ0) is 61.1. The Kier molecular flexibility index (Phi) is 20.8. The molecular formula is C51H61Cl2F6N11O10S4. The predicted molar refractivity (Wildman–Crippen MR) is 304 cm³/mol. The average molecular weight is 1300 g/mol. The highest BCUT2D eigenvalue weighted by Crippen LogP contribution is 2.32. The van der Waals surface area contributed by atoms with Gasteiger partial charge in [-0.05, 0) is 54.6 Å². The maximum atomic E-state index is 15.2. The number of piperazine rings is 2. The molecule has 0 amide bonds. The van der Waals surface area contributed by atoms with Crippen molar-refractivity contribution < 1.29 is 69.2 Å². The lowest BCUT2D eigenvalue weighted by molar-refractivity contribution is 0.0430. The predicted octanol–water partition coefficient (Wildman–Crippen LogP) is 4.56. The van der Waals surface area contributed by atoms with Gasteiger partial charge in [0.25, 0.3) is 5.89 Å². The van der Waals surface area contributed by atoms with Crippen LogP contribution in [0.25, 0.3) is 11.5 Å². The van der Waals surface area contributed by atoms with Crippen LogP contribution in [-0.2, 0) is 53.2 Å². The minimum absolute atomic E-state index is 0.0230. The van der Waals surface area contributed by atoms with Crippen LogP contribution >= 0.6 is 23.2 Å². The zero-order valence-corrected chi connectivity index (χ0v) is 50.2. The third-order valence-electron chi connectivity index (χ3n) is 14.9. The highest BCUT2D eigenvalue weighted by atomic mass is 35.5. The minimum Gasteiger partial charge on any atom is -0.415 e. The molecule has 84 heavy (non-hydrogen) atoms. The molecular weight excluding hydrogens is 1240 g/mol. The van der Waals surface area contributed by atoms with Gasteiger partial charge in [0.1, 0.15) is 23.3 Å². The quantitative estimate of drug-likeness (QED) is 0.0737. The Morgan fingerprint density at radius 3 is 1.40 bits per heavy atom. The van der Waals surface area contributed by atoms with Gasteiger partial charge in [0, 0.05) is 126 Å². The molecule has 4 aliphatic rings. The smallest absolute Gasteiger partial charge is 0.314 e. The first-order valence-electron chi connectivity index (χ1n) is 26.2. The second-order valence-corrected chi connectivity index (χ2v) is 29.4. The van der Waals surface area contributed by atoms with Crippen LogP contribution in [0.3, 0.4) is 0 Å². The monoisotopic (exact) mass is 1300 g/mol. The Labute approximate surface area is 493 Å². The molecule has 0 spiro atoms. The van der Waals surface area contributed by atoms with Crippen LogP contribution in [0, 0.1) is 23.3 Å². The number of alkyl halides is 2. The number of hydrogen-bond donors (Lipinski definition) is 1. The van der Waals surface area contributed by atoms with Crippen molar-refractivity contribution >= 4 is 80.5 Å². The number of nitrogens with zero attached hydrogens (tertiary/aromatic N) is 10. The second kappa shape index (κ2) is 26.9. The average Bonchev–Trinajstić information content (AvgIpc) is 4.04. The molecule has 33 heteroatoms. The minimum atomic E-state index is -4.10. The van der Waals surface area contributed by atoms with E-state index in [1.165, 1.54) is 63.6 Å². The lowest BCUT2D eigenvalue weighted by Crippen LogP contribution is -2.64. The maximum absolute atomic E-state index is 15.2. The van der Waals surface area contributed by atoms with Crippen molar-refractivity contribution in [3.63, 3.8) is 0 Å². The summed E-state index contributed by atoms with van der Waals surface area (Å²) in [4.78, 5) is 20.2. The summed E-state index contributed by atoms with van der Waals surface area (Å²) >= 11 is 11.9. The van der Waals surface area contributed by atoms with Crippen LogP contribution in [0.15, 0.2) is 77.2 Å². The van der Waals surface area contributed by atoms with Crippen LogP contribution in [0.4, 0.5) is 37.7 Å². The molecule has 460 valence electrons. The topological polar surface area (TPSA) is 244 Å². The lowest BCUT2D eigenvalue weighted by Gasteiger charge is -2.47. The van der Waals surface area contributed by atoms with E-state index >= 15 is 4.39 Å². The van der Waals surface area contributed by atoms with Gasteiger partial charge in [-0.3, -0.25) is 33.0 Å². The summed E-state index contributed by atoms with van der Waals surface area (Å²) in [5.74, 6) is -5.40. The molecule has 0 bridgehead atoms.